The predicted molar refractivity (Wildman–Crippen MR) is 155 cm³/mol. The number of ether oxygens (including phenoxy) is 2. The summed E-state index contributed by atoms with van der Waals surface area (Å²) < 4.78 is 39.4. The Balaban J connectivity index is 1.54. The molecule has 210 valence electrons. The Morgan fingerprint density at radius 2 is 1.49 bits per heavy atom. The highest BCUT2D eigenvalue weighted by atomic mass is 19.1. The third-order valence-corrected chi connectivity index (χ3v) is 6.95. The second-order valence-electron chi connectivity index (χ2n) is 10.3. The number of carbonyl (C=O) groups is 1. The van der Waals surface area contributed by atoms with Crippen LogP contribution in [0.2, 0.25) is 0 Å². The van der Waals surface area contributed by atoms with Gasteiger partial charge < -0.3 is 9.47 Å². The molecule has 0 amide bonds. The second kappa shape index (κ2) is 16.0. The topological polar surface area (TPSA) is 35.5 Å². The van der Waals surface area contributed by atoms with Crippen LogP contribution in [0.15, 0.2) is 66.7 Å². The average molecular weight is 537 g/mol. The van der Waals surface area contributed by atoms with Crippen LogP contribution in [0.25, 0.3) is 11.1 Å². The molecule has 3 nitrogen and oxygen atoms in total. The van der Waals surface area contributed by atoms with E-state index in [-0.39, 0.29) is 11.7 Å². The van der Waals surface area contributed by atoms with Gasteiger partial charge in [-0.05, 0) is 85.2 Å². The number of hydrogen-bond acceptors (Lipinski definition) is 3. The summed E-state index contributed by atoms with van der Waals surface area (Å²) in [5, 5.41) is 0. The van der Waals surface area contributed by atoms with Gasteiger partial charge in [0, 0.05) is 0 Å². The van der Waals surface area contributed by atoms with E-state index in [1.165, 1.54) is 31.7 Å². The Hall–Kier alpha value is -3.21. The van der Waals surface area contributed by atoms with Gasteiger partial charge >= 0.3 is 5.97 Å². The molecule has 0 aromatic heterocycles. The van der Waals surface area contributed by atoms with Gasteiger partial charge in [-0.1, -0.05) is 82.7 Å². The van der Waals surface area contributed by atoms with E-state index in [9.17, 15) is 13.6 Å². The molecule has 2 unspecified atom stereocenters. The van der Waals surface area contributed by atoms with Crippen LogP contribution in [-0.4, -0.2) is 18.7 Å². The fourth-order valence-corrected chi connectivity index (χ4v) is 4.80. The quantitative estimate of drug-likeness (QED) is 0.104. The van der Waals surface area contributed by atoms with Crippen molar-refractivity contribution in [3.05, 3.63) is 83.7 Å². The molecular weight excluding hydrogens is 494 g/mol. The number of alkyl halides is 1. The minimum atomic E-state index is -0.861. The first-order valence-electron chi connectivity index (χ1n) is 14.4. The highest BCUT2D eigenvalue weighted by Crippen LogP contribution is 2.30. The molecule has 0 N–H and O–H groups in total. The van der Waals surface area contributed by atoms with Crippen LogP contribution in [0, 0.1) is 5.82 Å². The van der Waals surface area contributed by atoms with E-state index in [0.29, 0.717) is 29.9 Å². The predicted octanol–water partition coefficient (Wildman–Crippen LogP) is 10.1. The molecule has 0 aliphatic rings. The van der Waals surface area contributed by atoms with E-state index in [4.69, 9.17) is 9.47 Å². The molecule has 0 bridgehead atoms. The lowest BCUT2D eigenvalue weighted by molar-refractivity contribution is 0.0734. The summed E-state index contributed by atoms with van der Waals surface area (Å²) in [5.41, 5.74) is 2.95. The monoisotopic (exact) mass is 536 g/mol. The number of benzene rings is 3. The number of unbranched alkanes of at least 4 members (excludes halogenated alkanes) is 5. The van der Waals surface area contributed by atoms with E-state index < -0.39 is 18.0 Å². The van der Waals surface area contributed by atoms with Crippen molar-refractivity contribution < 1.29 is 23.0 Å². The summed E-state index contributed by atoms with van der Waals surface area (Å²) >= 11 is 0. The van der Waals surface area contributed by atoms with Gasteiger partial charge in [-0.2, -0.15) is 0 Å². The Labute approximate surface area is 232 Å². The van der Waals surface area contributed by atoms with Crippen molar-refractivity contribution in [1.82, 2.24) is 0 Å². The Kier molecular flexibility index (Phi) is 12.5. The molecular formula is C34H42F2O3. The smallest absolute Gasteiger partial charge is 0.343 e. The minimum Gasteiger partial charge on any atom is -0.491 e. The van der Waals surface area contributed by atoms with Gasteiger partial charge in [-0.25, -0.2) is 13.6 Å². The van der Waals surface area contributed by atoms with Crippen LogP contribution >= 0.6 is 0 Å². The minimum absolute atomic E-state index is 0.151. The van der Waals surface area contributed by atoms with Crippen molar-refractivity contribution in [2.24, 2.45) is 0 Å². The Morgan fingerprint density at radius 1 is 0.821 bits per heavy atom. The van der Waals surface area contributed by atoms with Gasteiger partial charge in [0.2, 0.25) is 0 Å². The van der Waals surface area contributed by atoms with Gasteiger partial charge in [0.15, 0.2) is 11.6 Å². The van der Waals surface area contributed by atoms with Crippen molar-refractivity contribution in [1.29, 1.82) is 0 Å². The molecule has 3 aromatic carbocycles. The molecule has 0 aliphatic heterocycles. The first kappa shape index (κ1) is 30.3. The molecule has 0 spiro atoms. The lowest BCUT2D eigenvalue weighted by Crippen LogP contribution is -2.09. The number of halogens is 2. The maximum atomic E-state index is 14.6. The van der Waals surface area contributed by atoms with Crippen LogP contribution < -0.4 is 9.47 Å². The maximum Gasteiger partial charge on any atom is 0.343 e. The zero-order chi connectivity index (χ0) is 28.0. The van der Waals surface area contributed by atoms with E-state index >= 15 is 0 Å². The molecule has 3 aromatic rings. The standard InChI is InChI=1S/C34H42F2O3/c1-4-6-7-8-9-10-22-38-33-21-18-30(24-32(33)36)26-12-14-28(15-13-26)34(37)39-31-19-16-27(17-20-31)29(11-5-2)23-25(3)35/h12-21,24-25,29H,4-11,22-23H2,1-3H3. The summed E-state index contributed by atoms with van der Waals surface area (Å²) in [6.45, 7) is 6.39. The van der Waals surface area contributed by atoms with Crippen LogP contribution in [-0.2, 0) is 0 Å². The fourth-order valence-electron chi connectivity index (χ4n) is 4.80. The molecule has 0 saturated heterocycles. The van der Waals surface area contributed by atoms with E-state index in [2.05, 4.69) is 13.8 Å². The number of rotatable bonds is 16. The molecule has 0 saturated carbocycles. The first-order chi connectivity index (χ1) is 18.9. The molecule has 0 aliphatic carbocycles. The third kappa shape index (κ3) is 9.80. The zero-order valence-corrected chi connectivity index (χ0v) is 23.6. The second-order valence-corrected chi connectivity index (χ2v) is 10.3. The lowest BCUT2D eigenvalue weighted by atomic mass is 9.90. The number of carbonyl (C=O) groups excluding carboxylic acids is 1. The van der Waals surface area contributed by atoms with Crippen molar-refractivity contribution >= 4 is 5.97 Å². The summed E-state index contributed by atoms with van der Waals surface area (Å²) in [6.07, 6.45) is 8.45. The SMILES string of the molecule is CCCCCCCCOc1ccc(-c2ccc(C(=O)Oc3ccc(C(CCC)CC(C)F)cc3)cc2)cc1F. The highest BCUT2D eigenvalue weighted by molar-refractivity contribution is 5.91. The molecule has 0 heterocycles. The molecule has 0 fully saturated rings. The normalized spacial score (nSPS) is 12.6. The van der Waals surface area contributed by atoms with Crippen molar-refractivity contribution in [2.45, 2.75) is 90.6 Å². The average Bonchev–Trinajstić information content (AvgIpc) is 2.93. The van der Waals surface area contributed by atoms with Gasteiger partial charge in [0.1, 0.15) is 5.75 Å². The highest BCUT2D eigenvalue weighted by Gasteiger charge is 2.15. The van der Waals surface area contributed by atoms with Crippen LogP contribution in [0.4, 0.5) is 8.78 Å². The van der Waals surface area contributed by atoms with Gasteiger partial charge in [0.25, 0.3) is 0 Å². The van der Waals surface area contributed by atoms with Crippen LogP contribution in [0.1, 0.15) is 100 Å². The molecule has 39 heavy (non-hydrogen) atoms. The number of hydrogen-bond donors (Lipinski definition) is 0. The van der Waals surface area contributed by atoms with E-state index in [1.54, 1.807) is 49.4 Å². The third-order valence-electron chi connectivity index (χ3n) is 6.95. The van der Waals surface area contributed by atoms with Gasteiger partial charge in [-0.3, -0.25) is 0 Å². The summed E-state index contributed by atoms with van der Waals surface area (Å²) in [5.74, 6) is -0.0132. The lowest BCUT2D eigenvalue weighted by Gasteiger charge is -2.17. The van der Waals surface area contributed by atoms with Crippen LogP contribution in [0.5, 0.6) is 11.5 Å². The van der Waals surface area contributed by atoms with Gasteiger partial charge in [0.05, 0.1) is 18.3 Å². The van der Waals surface area contributed by atoms with Crippen molar-refractivity contribution in [2.75, 3.05) is 6.61 Å². The van der Waals surface area contributed by atoms with E-state index in [0.717, 1.165) is 36.8 Å². The molecule has 0 radical (unpaired) electrons. The number of esters is 1. The largest absolute Gasteiger partial charge is 0.491 e. The summed E-state index contributed by atoms with van der Waals surface area (Å²) in [6, 6.07) is 19.2. The molecule has 5 heteroatoms. The molecule has 2 atom stereocenters. The van der Waals surface area contributed by atoms with Crippen molar-refractivity contribution in [3.63, 3.8) is 0 Å². The summed E-state index contributed by atoms with van der Waals surface area (Å²) in [4.78, 5) is 12.7. The van der Waals surface area contributed by atoms with Crippen molar-refractivity contribution in [3.8, 4) is 22.6 Å². The maximum absolute atomic E-state index is 14.6. The van der Waals surface area contributed by atoms with Gasteiger partial charge in [-0.15, -0.1) is 0 Å². The zero-order valence-electron chi connectivity index (χ0n) is 23.6. The fraction of sp³-hybridized carbons (Fsp3) is 0.441. The van der Waals surface area contributed by atoms with Crippen LogP contribution in [0.3, 0.4) is 0 Å². The Bertz CT molecular complexity index is 1140. The Morgan fingerprint density at radius 3 is 2.13 bits per heavy atom. The summed E-state index contributed by atoms with van der Waals surface area (Å²) in [7, 11) is 0. The first-order valence-corrected chi connectivity index (χ1v) is 14.4. The molecule has 3 rings (SSSR count). The van der Waals surface area contributed by atoms with E-state index in [1.807, 2.05) is 18.2 Å².